The van der Waals surface area contributed by atoms with Crippen LogP contribution in [-0.2, 0) is 0 Å². The van der Waals surface area contributed by atoms with Crippen LogP contribution in [0.15, 0.2) is 30.5 Å². The minimum atomic E-state index is -0.481. The molecule has 0 bridgehead atoms. The molecule has 0 radical (unpaired) electrons. The number of aromatic nitrogens is 1. The molecule has 0 unspecified atom stereocenters. The van der Waals surface area contributed by atoms with Crippen molar-refractivity contribution in [2.75, 3.05) is 6.61 Å². The first-order valence-corrected chi connectivity index (χ1v) is 5.49. The zero-order chi connectivity index (χ0) is 11.2. The van der Waals surface area contributed by atoms with Crippen molar-refractivity contribution >= 4 is 16.7 Å². The Kier molecular flexibility index (Phi) is 1.91. The van der Waals surface area contributed by atoms with E-state index in [0.29, 0.717) is 5.56 Å². The van der Waals surface area contributed by atoms with E-state index in [2.05, 4.69) is 4.98 Å². The Morgan fingerprint density at radius 1 is 1.38 bits per heavy atom. The molecule has 0 atom stereocenters. The van der Waals surface area contributed by atoms with Gasteiger partial charge in [0, 0.05) is 22.7 Å². The molecule has 3 heteroatoms. The Morgan fingerprint density at radius 2 is 2.12 bits per heavy atom. The van der Waals surface area contributed by atoms with Crippen LogP contribution in [0.1, 0.15) is 23.2 Å². The number of rotatable bonds is 3. The number of para-hydroxylation sites is 1. The Morgan fingerprint density at radius 3 is 2.81 bits per heavy atom. The number of hydrogen-bond donors (Lipinski definition) is 2. The van der Waals surface area contributed by atoms with Crippen LogP contribution in [0.4, 0.5) is 0 Å². The molecule has 1 aliphatic carbocycles. The summed E-state index contributed by atoms with van der Waals surface area (Å²) in [7, 11) is 0. The number of carbonyl (C=O) groups excluding carboxylic acids is 1. The average molecular weight is 215 g/mol. The highest BCUT2D eigenvalue weighted by Crippen LogP contribution is 2.48. The minimum absolute atomic E-state index is 0.0364. The third-order valence-corrected chi connectivity index (χ3v) is 3.47. The summed E-state index contributed by atoms with van der Waals surface area (Å²) in [6, 6.07) is 7.74. The van der Waals surface area contributed by atoms with E-state index in [0.717, 1.165) is 23.7 Å². The molecule has 3 nitrogen and oxygen atoms in total. The van der Waals surface area contributed by atoms with E-state index < -0.39 is 5.41 Å². The van der Waals surface area contributed by atoms with Gasteiger partial charge in [-0.05, 0) is 18.9 Å². The molecule has 2 aromatic rings. The first-order valence-electron chi connectivity index (χ1n) is 5.49. The summed E-state index contributed by atoms with van der Waals surface area (Å²) in [5.41, 5.74) is 1.20. The number of fused-ring (bicyclic) bond motifs is 1. The number of aliphatic hydroxyl groups excluding tert-OH is 1. The first-order chi connectivity index (χ1) is 7.77. The van der Waals surface area contributed by atoms with Gasteiger partial charge in [-0.2, -0.15) is 0 Å². The molecule has 0 spiro atoms. The van der Waals surface area contributed by atoms with Crippen molar-refractivity contribution in [1.82, 2.24) is 4.98 Å². The molecule has 1 heterocycles. The van der Waals surface area contributed by atoms with E-state index in [4.69, 9.17) is 0 Å². The second-order valence-electron chi connectivity index (χ2n) is 4.52. The maximum Gasteiger partial charge on any atom is 0.173 e. The topological polar surface area (TPSA) is 53.1 Å². The van der Waals surface area contributed by atoms with Gasteiger partial charge in [0.1, 0.15) is 0 Å². The Hall–Kier alpha value is -1.61. The van der Waals surface area contributed by atoms with Crippen LogP contribution < -0.4 is 0 Å². The highest BCUT2D eigenvalue weighted by atomic mass is 16.3. The summed E-state index contributed by atoms with van der Waals surface area (Å²) in [6.45, 7) is -0.0364. The fraction of sp³-hybridized carbons (Fsp3) is 0.308. The fourth-order valence-electron chi connectivity index (χ4n) is 2.15. The van der Waals surface area contributed by atoms with Gasteiger partial charge < -0.3 is 10.1 Å². The van der Waals surface area contributed by atoms with E-state index in [-0.39, 0.29) is 12.4 Å². The lowest BCUT2D eigenvalue weighted by molar-refractivity contribution is 0.0831. The molecule has 0 aliphatic heterocycles. The van der Waals surface area contributed by atoms with E-state index in [9.17, 15) is 9.90 Å². The number of benzene rings is 1. The number of carbonyl (C=O) groups is 1. The Labute approximate surface area is 93.1 Å². The largest absolute Gasteiger partial charge is 0.395 e. The van der Waals surface area contributed by atoms with Crippen LogP contribution in [0, 0.1) is 5.41 Å². The summed E-state index contributed by atoms with van der Waals surface area (Å²) < 4.78 is 0. The third kappa shape index (κ3) is 1.21. The van der Waals surface area contributed by atoms with Gasteiger partial charge in [-0.15, -0.1) is 0 Å². The molecule has 16 heavy (non-hydrogen) atoms. The molecule has 2 N–H and O–H groups in total. The Bertz CT molecular complexity index is 552. The highest BCUT2D eigenvalue weighted by molar-refractivity contribution is 6.11. The summed E-state index contributed by atoms with van der Waals surface area (Å²) in [5, 5.41) is 10.2. The quantitative estimate of drug-likeness (QED) is 0.770. The summed E-state index contributed by atoms with van der Waals surface area (Å²) in [5.74, 6) is 0.0763. The molecule has 1 aromatic heterocycles. The van der Waals surface area contributed by atoms with Crippen molar-refractivity contribution < 1.29 is 9.90 Å². The van der Waals surface area contributed by atoms with Gasteiger partial charge >= 0.3 is 0 Å². The highest BCUT2D eigenvalue weighted by Gasteiger charge is 2.49. The molecular weight excluding hydrogens is 202 g/mol. The van der Waals surface area contributed by atoms with E-state index >= 15 is 0 Å². The van der Waals surface area contributed by atoms with Crippen molar-refractivity contribution in [3.63, 3.8) is 0 Å². The Balaban J connectivity index is 2.10. The standard InChI is InChI=1S/C13H13NO2/c15-8-13(5-6-13)12(16)10-7-14-11-4-2-1-3-9(10)11/h1-4,7,14-15H,5-6,8H2. The van der Waals surface area contributed by atoms with Crippen molar-refractivity contribution in [3.05, 3.63) is 36.0 Å². The lowest BCUT2D eigenvalue weighted by atomic mass is 9.95. The number of nitrogens with one attached hydrogen (secondary N) is 1. The van der Waals surface area contributed by atoms with Crippen molar-refractivity contribution in [2.24, 2.45) is 5.41 Å². The second-order valence-corrected chi connectivity index (χ2v) is 4.52. The number of H-pyrrole nitrogens is 1. The molecular formula is C13H13NO2. The van der Waals surface area contributed by atoms with E-state index in [1.54, 1.807) is 6.20 Å². The van der Waals surface area contributed by atoms with E-state index in [1.165, 1.54) is 0 Å². The van der Waals surface area contributed by atoms with Crippen LogP contribution in [0.5, 0.6) is 0 Å². The smallest absolute Gasteiger partial charge is 0.173 e. The number of Topliss-reactive ketones (excluding diaryl/α,β-unsaturated/α-hetero) is 1. The summed E-state index contributed by atoms with van der Waals surface area (Å²) in [4.78, 5) is 15.3. The van der Waals surface area contributed by atoms with Crippen molar-refractivity contribution in [1.29, 1.82) is 0 Å². The fourth-order valence-corrected chi connectivity index (χ4v) is 2.15. The maximum absolute atomic E-state index is 12.3. The van der Waals surface area contributed by atoms with Gasteiger partial charge in [0.2, 0.25) is 0 Å². The average Bonchev–Trinajstić information content (AvgIpc) is 3.02. The van der Waals surface area contributed by atoms with Gasteiger partial charge in [0.25, 0.3) is 0 Å². The monoisotopic (exact) mass is 215 g/mol. The normalized spacial score (nSPS) is 17.6. The summed E-state index contributed by atoms with van der Waals surface area (Å²) >= 11 is 0. The number of ketones is 1. The molecule has 1 fully saturated rings. The van der Waals surface area contributed by atoms with Crippen molar-refractivity contribution in [2.45, 2.75) is 12.8 Å². The van der Waals surface area contributed by atoms with Crippen LogP contribution in [0.2, 0.25) is 0 Å². The predicted octanol–water partition coefficient (Wildman–Crippen LogP) is 2.12. The number of aliphatic hydroxyl groups is 1. The second kappa shape index (κ2) is 3.19. The SMILES string of the molecule is O=C(c1c[nH]c2ccccc12)C1(CO)CC1. The maximum atomic E-state index is 12.3. The zero-order valence-corrected chi connectivity index (χ0v) is 8.86. The van der Waals surface area contributed by atoms with Crippen LogP contribution >= 0.6 is 0 Å². The van der Waals surface area contributed by atoms with Gasteiger partial charge in [0.05, 0.1) is 12.0 Å². The molecule has 3 rings (SSSR count). The van der Waals surface area contributed by atoms with E-state index in [1.807, 2.05) is 24.3 Å². The molecule has 1 saturated carbocycles. The van der Waals surface area contributed by atoms with Crippen molar-refractivity contribution in [3.8, 4) is 0 Å². The van der Waals surface area contributed by atoms with Gasteiger partial charge in [-0.3, -0.25) is 4.79 Å². The molecule has 82 valence electrons. The van der Waals surface area contributed by atoms with Gasteiger partial charge in [-0.1, -0.05) is 18.2 Å². The third-order valence-electron chi connectivity index (χ3n) is 3.47. The number of aromatic amines is 1. The molecule has 1 aromatic carbocycles. The van der Waals surface area contributed by atoms with Crippen LogP contribution in [0.25, 0.3) is 10.9 Å². The zero-order valence-electron chi connectivity index (χ0n) is 8.86. The first kappa shape index (κ1) is 9.60. The summed E-state index contributed by atoms with van der Waals surface area (Å²) in [6.07, 6.45) is 3.37. The molecule has 0 amide bonds. The van der Waals surface area contributed by atoms with Gasteiger partial charge in [0.15, 0.2) is 5.78 Å². The minimum Gasteiger partial charge on any atom is -0.395 e. The predicted molar refractivity (Wildman–Crippen MR) is 61.4 cm³/mol. The molecule has 0 saturated heterocycles. The lowest BCUT2D eigenvalue weighted by Crippen LogP contribution is -2.19. The molecule has 1 aliphatic rings. The number of hydrogen-bond acceptors (Lipinski definition) is 2. The van der Waals surface area contributed by atoms with Crippen LogP contribution in [0.3, 0.4) is 0 Å². The van der Waals surface area contributed by atoms with Gasteiger partial charge in [-0.25, -0.2) is 0 Å². The van der Waals surface area contributed by atoms with Crippen LogP contribution in [-0.4, -0.2) is 22.5 Å². The lowest BCUT2D eigenvalue weighted by Gasteiger charge is -2.08.